The third-order valence-electron chi connectivity index (χ3n) is 4.74. The SMILES string of the molecule is C[C@@H](CCc1ccccc1F)N[C@H]1CCCO[C@@H]1c1nccn1C. The van der Waals surface area contributed by atoms with Crippen LogP contribution in [0.2, 0.25) is 0 Å². The lowest BCUT2D eigenvalue weighted by Crippen LogP contribution is -2.44. The number of rotatable bonds is 6. The first-order valence-electron chi connectivity index (χ1n) is 8.73. The van der Waals surface area contributed by atoms with Gasteiger partial charge >= 0.3 is 0 Å². The van der Waals surface area contributed by atoms with Crippen LogP contribution < -0.4 is 5.32 Å². The Labute approximate surface area is 143 Å². The molecule has 3 atom stereocenters. The van der Waals surface area contributed by atoms with Gasteiger partial charge in [0.05, 0.1) is 0 Å². The maximum Gasteiger partial charge on any atom is 0.139 e. The van der Waals surface area contributed by atoms with Gasteiger partial charge in [0.1, 0.15) is 17.7 Å². The normalized spacial score (nSPS) is 22.5. The van der Waals surface area contributed by atoms with Gasteiger partial charge in [0.2, 0.25) is 0 Å². The summed E-state index contributed by atoms with van der Waals surface area (Å²) in [6.45, 7) is 2.93. The summed E-state index contributed by atoms with van der Waals surface area (Å²) in [7, 11) is 2.00. The van der Waals surface area contributed by atoms with Gasteiger partial charge in [-0.25, -0.2) is 9.37 Å². The van der Waals surface area contributed by atoms with E-state index in [1.54, 1.807) is 6.07 Å². The van der Waals surface area contributed by atoms with E-state index < -0.39 is 0 Å². The third kappa shape index (κ3) is 4.02. The van der Waals surface area contributed by atoms with Gasteiger partial charge < -0.3 is 14.6 Å². The molecule has 0 unspecified atom stereocenters. The first-order valence-corrected chi connectivity index (χ1v) is 8.73. The van der Waals surface area contributed by atoms with Crippen LogP contribution in [-0.2, 0) is 18.2 Å². The van der Waals surface area contributed by atoms with E-state index in [1.165, 1.54) is 6.07 Å². The molecule has 2 heterocycles. The van der Waals surface area contributed by atoms with Crippen LogP contribution in [0, 0.1) is 5.82 Å². The van der Waals surface area contributed by atoms with Crippen LogP contribution in [-0.4, -0.2) is 28.2 Å². The highest BCUT2D eigenvalue weighted by molar-refractivity contribution is 5.17. The molecular weight excluding hydrogens is 305 g/mol. The molecule has 4 nitrogen and oxygen atoms in total. The second kappa shape index (κ2) is 7.90. The van der Waals surface area contributed by atoms with Crippen LogP contribution in [0.1, 0.15) is 43.7 Å². The van der Waals surface area contributed by atoms with Crippen molar-refractivity contribution >= 4 is 0 Å². The Morgan fingerprint density at radius 3 is 3.00 bits per heavy atom. The number of halogens is 1. The Kier molecular flexibility index (Phi) is 5.63. The molecule has 0 radical (unpaired) electrons. The van der Waals surface area contributed by atoms with Crippen LogP contribution in [0.4, 0.5) is 4.39 Å². The highest BCUT2D eigenvalue weighted by Gasteiger charge is 2.30. The van der Waals surface area contributed by atoms with E-state index in [0.29, 0.717) is 6.04 Å². The predicted octanol–water partition coefficient (Wildman–Crippen LogP) is 3.39. The molecule has 1 aromatic heterocycles. The number of imidazole rings is 1. The lowest BCUT2D eigenvalue weighted by molar-refractivity contribution is -0.0201. The largest absolute Gasteiger partial charge is 0.369 e. The van der Waals surface area contributed by atoms with Crippen LogP contribution in [0.3, 0.4) is 0 Å². The van der Waals surface area contributed by atoms with Gasteiger partial charge in [0.25, 0.3) is 0 Å². The Hall–Kier alpha value is -1.72. The lowest BCUT2D eigenvalue weighted by atomic mass is 9.99. The third-order valence-corrected chi connectivity index (χ3v) is 4.74. The average Bonchev–Trinajstić information content (AvgIpc) is 3.00. The van der Waals surface area contributed by atoms with E-state index in [9.17, 15) is 4.39 Å². The van der Waals surface area contributed by atoms with Crippen molar-refractivity contribution in [1.82, 2.24) is 14.9 Å². The number of nitrogens with zero attached hydrogens (tertiary/aromatic N) is 2. The van der Waals surface area contributed by atoms with Gasteiger partial charge in [-0.3, -0.25) is 0 Å². The van der Waals surface area contributed by atoms with Crippen molar-refractivity contribution in [2.45, 2.75) is 50.8 Å². The zero-order valence-electron chi connectivity index (χ0n) is 14.4. The van der Waals surface area contributed by atoms with E-state index in [2.05, 4.69) is 17.2 Å². The molecule has 24 heavy (non-hydrogen) atoms. The van der Waals surface area contributed by atoms with E-state index >= 15 is 0 Å². The van der Waals surface area contributed by atoms with Crippen LogP contribution >= 0.6 is 0 Å². The number of nitrogens with one attached hydrogen (secondary N) is 1. The molecule has 1 aliphatic rings. The van der Waals surface area contributed by atoms with Crippen molar-refractivity contribution in [2.75, 3.05) is 6.61 Å². The number of ether oxygens (including phenoxy) is 1. The van der Waals surface area contributed by atoms with Gasteiger partial charge in [-0.2, -0.15) is 0 Å². The zero-order chi connectivity index (χ0) is 16.9. The van der Waals surface area contributed by atoms with E-state index in [1.807, 2.05) is 36.1 Å². The summed E-state index contributed by atoms with van der Waals surface area (Å²) in [5.41, 5.74) is 0.784. The molecule has 130 valence electrons. The number of hydrogen-bond donors (Lipinski definition) is 1. The number of aromatic nitrogens is 2. The molecule has 2 aromatic rings. The topological polar surface area (TPSA) is 39.1 Å². The summed E-state index contributed by atoms with van der Waals surface area (Å²) >= 11 is 0. The first-order chi connectivity index (χ1) is 11.6. The second-order valence-corrected chi connectivity index (χ2v) is 6.63. The van der Waals surface area contributed by atoms with E-state index in [0.717, 1.165) is 43.7 Å². The summed E-state index contributed by atoms with van der Waals surface area (Å²) in [5, 5.41) is 3.67. The van der Waals surface area contributed by atoms with Gasteiger partial charge in [0, 0.05) is 38.1 Å². The first kappa shape index (κ1) is 17.1. The quantitative estimate of drug-likeness (QED) is 0.882. The molecule has 5 heteroatoms. The summed E-state index contributed by atoms with van der Waals surface area (Å²) in [6.07, 6.45) is 7.50. The Morgan fingerprint density at radius 2 is 2.25 bits per heavy atom. The standard InChI is InChI=1S/C19H26FN3O/c1-14(9-10-15-6-3-4-7-16(15)20)22-17-8-5-13-24-18(17)19-21-11-12-23(19)2/h3-4,6-7,11-12,14,17-18,22H,5,8-10,13H2,1-2H3/t14-,17-,18-/m0/s1. The zero-order valence-corrected chi connectivity index (χ0v) is 14.4. The number of benzene rings is 1. The summed E-state index contributed by atoms with van der Waals surface area (Å²) < 4.78 is 21.8. The van der Waals surface area contributed by atoms with Crippen LogP contribution in [0.5, 0.6) is 0 Å². The Bertz CT molecular complexity index is 658. The highest BCUT2D eigenvalue weighted by Crippen LogP contribution is 2.27. The number of aryl methyl sites for hydroxylation is 2. The van der Waals surface area contributed by atoms with Gasteiger partial charge in [-0.05, 0) is 44.2 Å². The maximum atomic E-state index is 13.7. The number of hydrogen-bond acceptors (Lipinski definition) is 3. The molecule has 3 rings (SSSR count). The van der Waals surface area contributed by atoms with Crippen molar-refractivity contribution < 1.29 is 9.13 Å². The second-order valence-electron chi connectivity index (χ2n) is 6.63. The molecule has 1 aliphatic heterocycles. The van der Waals surface area contributed by atoms with E-state index in [4.69, 9.17) is 4.74 Å². The summed E-state index contributed by atoms with van der Waals surface area (Å²) in [5.74, 6) is 0.852. The predicted molar refractivity (Wildman–Crippen MR) is 92.2 cm³/mol. The fourth-order valence-electron chi connectivity index (χ4n) is 3.38. The van der Waals surface area contributed by atoms with Crippen LogP contribution in [0.15, 0.2) is 36.7 Å². The van der Waals surface area contributed by atoms with E-state index in [-0.39, 0.29) is 18.0 Å². The minimum Gasteiger partial charge on any atom is -0.369 e. The molecule has 0 bridgehead atoms. The van der Waals surface area contributed by atoms with Gasteiger partial charge in [-0.15, -0.1) is 0 Å². The Balaban J connectivity index is 1.59. The fraction of sp³-hybridized carbons (Fsp3) is 0.526. The minimum atomic E-state index is -0.114. The van der Waals surface area contributed by atoms with Crippen molar-refractivity contribution in [3.63, 3.8) is 0 Å². The molecule has 1 N–H and O–H groups in total. The van der Waals surface area contributed by atoms with Gasteiger partial charge in [-0.1, -0.05) is 18.2 Å². The maximum absolute atomic E-state index is 13.7. The van der Waals surface area contributed by atoms with Crippen molar-refractivity contribution in [1.29, 1.82) is 0 Å². The molecule has 0 saturated carbocycles. The fourth-order valence-corrected chi connectivity index (χ4v) is 3.38. The smallest absolute Gasteiger partial charge is 0.139 e. The summed E-state index contributed by atoms with van der Waals surface area (Å²) in [6, 6.07) is 7.55. The monoisotopic (exact) mass is 331 g/mol. The van der Waals surface area contributed by atoms with Crippen molar-refractivity contribution in [3.05, 3.63) is 53.9 Å². The van der Waals surface area contributed by atoms with Crippen molar-refractivity contribution in [2.24, 2.45) is 7.05 Å². The molecule has 0 aliphatic carbocycles. The average molecular weight is 331 g/mol. The summed E-state index contributed by atoms with van der Waals surface area (Å²) in [4.78, 5) is 4.45. The van der Waals surface area contributed by atoms with Gasteiger partial charge in [0.15, 0.2) is 0 Å². The van der Waals surface area contributed by atoms with Crippen LogP contribution in [0.25, 0.3) is 0 Å². The lowest BCUT2D eigenvalue weighted by Gasteiger charge is -2.34. The molecular formula is C19H26FN3O. The van der Waals surface area contributed by atoms with Crippen molar-refractivity contribution in [3.8, 4) is 0 Å². The molecule has 1 fully saturated rings. The molecule has 1 aromatic carbocycles. The highest BCUT2D eigenvalue weighted by atomic mass is 19.1. The molecule has 0 amide bonds. The Morgan fingerprint density at radius 1 is 1.42 bits per heavy atom. The minimum absolute atomic E-state index is 0.0188. The molecule has 1 saturated heterocycles. The molecule has 0 spiro atoms.